The Balaban J connectivity index is 2.18. The van der Waals surface area contributed by atoms with Crippen molar-refractivity contribution in [1.82, 2.24) is 9.88 Å². The molecule has 0 aromatic carbocycles. The number of pyridine rings is 1. The SMILES string of the molecule is CC(C)(C)OC(=O)N1CC=CC1c1cccc(CO)n1. The first-order valence-electron chi connectivity index (χ1n) is 6.64. The highest BCUT2D eigenvalue weighted by Gasteiger charge is 2.30. The Morgan fingerprint density at radius 1 is 1.50 bits per heavy atom. The van der Waals surface area contributed by atoms with Crippen LogP contribution in [0.5, 0.6) is 0 Å². The van der Waals surface area contributed by atoms with Crippen LogP contribution in [0, 0.1) is 0 Å². The minimum atomic E-state index is -0.523. The lowest BCUT2D eigenvalue weighted by atomic mass is 10.1. The van der Waals surface area contributed by atoms with Gasteiger partial charge in [-0.05, 0) is 32.9 Å². The molecule has 1 aliphatic rings. The van der Waals surface area contributed by atoms with Crippen molar-refractivity contribution in [3.63, 3.8) is 0 Å². The van der Waals surface area contributed by atoms with Gasteiger partial charge in [-0.15, -0.1) is 0 Å². The van der Waals surface area contributed by atoms with Gasteiger partial charge in [-0.25, -0.2) is 4.79 Å². The van der Waals surface area contributed by atoms with Crippen molar-refractivity contribution in [2.24, 2.45) is 0 Å². The molecule has 1 atom stereocenters. The lowest BCUT2D eigenvalue weighted by Crippen LogP contribution is -2.37. The molecule has 108 valence electrons. The van der Waals surface area contributed by atoms with Gasteiger partial charge in [0.1, 0.15) is 5.60 Å². The van der Waals surface area contributed by atoms with Crippen molar-refractivity contribution in [3.05, 3.63) is 41.7 Å². The van der Waals surface area contributed by atoms with Gasteiger partial charge in [0.25, 0.3) is 0 Å². The summed E-state index contributed by atoms with van der Waals surface area (Å²) in [7, 11) is 0. The molecule has 5 nitrogen and oxygen atoms in total. The minimum Gasteiger partial charge on any atom is -0.444 e. The molecule has 0 saturated heterocycles. The number of ether oxygens (including phenoxy) is 1. The highest BCUT2D eigenvalue weighted by atomic mass is 16.6. The first kappa shape index (κ1) is 14.5. The number of nitrogens with zero attached hydrogens (tertiary/aromatic N) is 2. The van der Waals surface area contributed by atoms with Crippen molar-refractivity contribution >= 4 is 6.09 Å². The first-order chi connectivity index (χ1) is 9.40. The average Bonchev–Trinajstić information content (AvgIpc) is 2.86. The summed E-state index contributed by atoms with van der Waals surface area (Å²) in [5, 5.41) is 9.15. The summed E-state index contributed by atoms with van der Waals surface area (Å²) < 4.78 is 5.40. The zero-order valence-electron chi connectivity index (χ0n) is 12.0. The molecule has 0 saturated carbocycles. The van der Waals surface area contributed by atoms with E-state index in [4.69, 9.17) is 9.84 Å². The topological polar surface area (TPSA) is 62.7 Å². The summed E-state index contributed by atoms with van der Waals surface area (Å²) >= 11 is 0. The smallest absolute Gasteiger partial charge is 0.411 e. The number of rotatable bonds is 2. The number of hydrogen-bond donors (Lipinski definition) is 1. The number of carbonyl (C=O) groups excluding carboxylic acids is 1. The van der Waals surface area contributed by atoms with Crippen LogP contribution in [0.15, 0.2) is 30.4 Å². The maximum atomic E-state index is 12.2. The zero-order valence-corrected chi connectivity index (χ0v) is 12.0. The number of aliphatic hydroxyl groups excluding tert-OH is 1. The molecule has 1 aromatic heterocycles. The second-order valence-corrected chi connectivity index (χ2v) is 5.72. The van der Waals surface area contributed by atoms with E-state index >= 15 is 0 Å². The van der Waals surface area contributed by atoms with E-state index in [9.17, 15) is 4.79 Å². The average molecular weight is 276 g/mol. The second-order valence-electron chi connectivity index (χ2n) is 5.72. The molecule has 0 radical (unpaired) electrons. The Morgan fingerprint density at radius 3 is 2.90 bits per heavy atom. The van der Waals surface area contributed by atoms with Gasteiger partial charge >= 0.3 is 6.09 Å². The van der Waals surface area contributed by atoms with Crippen LogP contribution in [-0.2, 0) is 11.3 Å². The van der Waals surface area contributed by atoms with E-state index in [1.807, 2.05) is 45.1 Å². The van der Waals surface area contributed by atoms with E-state index in [2.05, 4.69) is 4.98 Å². The Labute approximate surface area is 118 Å². The number of aliphatic hydroxyl groups is 1. The molecule has 2 rings (SSSR count). The summed E-state index contributed by atoms with van der Waals surface area (Å²) in [6, 6.07) is 5.18. The lowest BCUT2D eigenvalue weighted by molar-refractivity contribution is 0.0237. The summed E-state index contributed by atoms with van der Waals surface area (Å²) in [6.07, 6.45) is 3.48. The molecule has 1 aliphatic heterocycles. The zero-order chi connectivity index (χ0) is 14.8. The van der Waals surface area contributed by atoms with Gasteiger partial charge in [0.05, 0.1) is 24.0 Å². The largest absolute Gasteiger partial charge is 0.444 e. The van der Waals surface area contributed by atoms with Crippen molar-refractivity contribution in [1.29, 1.82) is 0 Å². The number of hydrogen-bond acceptors (Lipinski definition) is 4. The molecule has 1 aromatic rings. The van der Waals surface area contributed by atoms with Crippen LogP contribution in [0.3, 0.4) is 0 Å². The van der Waals surface area contributed by atoms with Gasteiger partial charge in [-0.1, -0.05) is 18.2 Å². The molecule has 1 amide bonds. The Kier molecular flexibility index (Phi) is 4.09. The molecule has 2 heterocycles. The van der Waals surface area contributed by atoms with Gasteiger partial charge in [-0.2, -0.15) is 0 Å². The predicted molar refractivity (Wildman–Crippen MR) is 75.0 cm³/mol. The van der Waals surface area contributed by atoms with Crippen LogP contribution >= 0.6 is 0 Å². The molecule has 0 aliphatic carbocycles. The monoisotopic (exact) mass is 276 g/mol. The molecular weight excluding hydrogens is 256 g/mol. The van der Waals surface area contributed by atoms with Gasteiger partial charge in [0, 0.05) is 6.54 Å². The van der Waals surface area contributed by atoms with E-state index in [1.165, 1.54) is 0 Å². The maximum Gasteiger partial charge on any atom is 0.411 e. The summed E-state index contributed by atoms with van der Waals surface area (Å²) in [4.78, 5) is 18.2. The van der Waals surface area contributed by atoms with Crippen LogP contribution in [0.1, 0.15) is 38.2 Å². The third kappa shape index (κ3) is 3.36. The van der Waals surface area contributed by atoms with Crippen molar-refractivity contribution in [3.8, 4) is 0 Å². The molecule has 20 heavy (non-hydrogen) atoms. The molecule has 5 heteroatoms. The summed E-state index contributed by atoms with van der Waals surface area (Å²) in [5.74, 6) is 0. The van der Waals surface area contributed by atoms with Crippen molar-refractivity contribution in [2.45, 2.75) is 39.0 Å². The maximum absolute atomic E-state index is 12.2. The van der Waals surface area contributed by atoms with Crippen LogP contribution < -0.4 is 0 Å². The molecular formula is C15H20N2O3. The van der Waals surface area contributed by atoms with Crippen molar-refractivity contribution in [2.75, 3.05) is 6.54 Å². The molecule has 1 unspecified atom stereocenters. The Bertz CT molecular complexity index is 520. The minimum absolute atomic E-state index is 0.114. The molecule has 0 fully saturated rings. The fraction of sp³-hybridized carbons (Fsp3) is 0.467. The van der Waals surface area contributed by atoms with E-state index in [1.54, 1.807) is 11.0 Å². The fourth-order valence-electron chi connectivity index (χ4n) is 2.04. The predicted octanol–water partition coefficient (Wildman–Crippen LogP) is 2.42. The number of amides is 1. The van der Waals surface area contributed by atoms with Gasteiger partial charge < -0.3 is 9.84 Å². The lowest BCUT2D eigenvalue weighted by Gasteiger charge is -2.28. The Morgan fingerprint density at radius 2 is 2.25 bits per heavy atom. The van der Waals surface area contributed by atoms with Crippen LogP contribution in [0.25, 0.3) is 0 Å². The van der Waals surface area contributed by atoms with E-state index in [0.717, 1.165) is 5.69 Å². The Hall–Kier alpha value is -1.88. The van der Waals surface area contributed by atoms with E-state index in [0.29, 0.717) is 12.2 Å². The van der Waals surface area contributed by atoms with Gasteiger partial charge in [0.15, 0.2) is 0 Å². The fourth-order valence-corrected chi connectivity index (χ4v) is 2.04. The van der Waals surface area contributed by atoms with Crippen LogP contribution in [-0.4, -0.2) is 33.2 Å². The van der Waals surface area contributed by atoms with Crippen molar-refractivity contribution < 1.29 is 14.6 Å². The summed E-state index contributed by atoms with van der Waals surface area (Å²) in [5.41, 5.74) is 0.799. The second kappa shape index (κ2) is 5.63. The molecule has 1 N–H and O–H groups in total. The number of aromatic nitrogens is 1. The number of carbonyl (C=O) groups is 1. The molecule has 0 spiro atoms. The van der Waals surface area contributed by atoms with Gasteiger partial charge in [-0.3, -0.25) is 9.88 Å². The highest BCUT2D eigenvalue weighted by molar-refractivity contribution is 5.70. The summed E-state index contributed by atoms with van der Waals surface area (Å²) in [6.45, 7) is 5.91. The first-order valence-corrected chi connectivity index (χ1v) is 6.64. The quantitative estimate of drug-likeness (QED) is 0.843. The van der Waals surface area contributed by atoms with E-state index in [-0.39, 0.29) is 18.7 Å². The van der Waals surface area contributed by atoms with Crippen LogP contribution in [0.2, 0.25) is 0 Å². The van der Waals surface area contributed by atoms with Crippen LogP contribution in [0.4, 0.5) is 4.79 Å². The highest BCUT2D eigenvalue weighted by Crippen LogP contribution is 2.27. The molecule has 0 bridgehead atoms. The van der Waals surface area contributed by atoms with Gasteiger partial charge in [0.2, 0.25) is 0 Å². The third-order valence-corrected chi connectivity index (χ3v) is 2.88. The van der Waals surface area contributed by atoms with E-state index < -0.39 is 5.60 Å². The normalized spacial score (nSPS) is 18.4. The third-order valence-electron chi connectivity index (χ3n) is 2.88. The standard InChI is InChI=1S/C15H20N2O3/c1-15(2,3)20-14(19)17-9-5-8-13(17)12-7-4-6-11(10-18)16-12/h4-8,13,18H,9-10H2,1-3H3.